The van der Waals surface area contributed by atoms with E-state index in [0.717, 1.165) is 6.66 Å². The predicted octanol–water partition coefficient (Wildman–Crippen LogP) is 1.73. The quantitative estimate of drug-likeness (QED) is 0.765. The molecule has 0 aliphatic carbocycles. The molecule has 2 aromatic heterocycles. The fourth-order valence-electron chi connectivity index (χ4n) is 1.16. The summed E-state index contributed by atoms with van der Waals surface area (Å²) in [5.41, 5.74) is 1.21. The van der Waals surface area contributed by atoms with Crippen LogP contribution >= 0.6 is 7.60 Å². The Bertz CT molecular complexity index is 520. The number of fused-ring (bicyclic) bond motifs is 1. The first kappa shape index (κ1) is 10.0. The molecule has 15 heavy (non-hydrogen) atoms. The second-order valence-corrected chi connectivity index (χ2v) is 4.85. The molecule has 0 radical (unpaired) electrons. The smallest absolute Gasteiger partial charge is 0.375 e. The molecule has 0 fully saturated rings. The zero-order valence-electron chi connectivity index (χ0n) is 7.76. The van der Waals surface area contributed by atoms with Gasteiger partial charge in [-0.1, -0.05) is 0 Å². The summed E-state index contributed by atoms with van der Waals surface area (Å²) >= 11 is 0. The molecule has 0 bridgehead atoms. The summed E-state index contributed by atoms with van der Waals surface area (Å²) in [6.45, 7) is 0.942. The fourth-order valence-corrected chi connectivity index (χ4v) is 1.57. The molecule has 0 saturated heterocycles. The van der Waals surface area contributed by atoms with Crippen molar-refractivity contribution in [2.45, 2.75) is 0 Å². The number of aromatic nitrogens is 1. The number of carbonyl (C=O) groups excluding carboxylic acids is 1. The highest BCUT2D eigenvalue weighted by atomic mass is 31.2. The zero-order valence-corrected chi connectivity index (χ0v) is 8.65. The number of hydrogen-bond acceptors (Lipinski definition) is 4. The van der Waals surface area contributed by atoms with Crippen LogP contribution in [0, 0.1) is 0 Å². The van der Waals surface area contributed by atoms with Crippen molar-refractivity contribution in [1.82, 2.24) is 4.98 Å². The summed E-state index contributed by atoms with van der Waals surface area (Å²) in [4.78, 5) is 22.8. The van der Waals surface area contributed by atoms with Gasteiger partial charge in [-0.2, -0.15) is 0 Å². The lowest BCUT2D eigenvalue weighted by Crippen LogP contribution is -2.02. The molecule has 0 aliphatic heterocycles. The molecule has 6 nitrogen and oxygen atoms in total. The largest absolute Gasteiger partial charge is 0.463 e. The van der Waals surface area contributed by atoms with Gasteiger partial charge in [0.25, 0.3) is 0 Å². The average molecular weight is 229 g/mol. The molecule has 1 unspecified atom stereocenters. The SMILES string of the molecule is CP(=O)(O)OC(=O)c1cc2occc2[nH]1. The first-order chi connectivity index (χ1) is 6.96. The molecule has 2 N–H and O–H groups in total. The van der Waals surface area contributed by atoms with Crippen LogP contribution in [-0.2, 0) is 9.09 Å². The number of carbonyl (C=O) groups is 1. The second-order valence-electron chi connectivity index (χ2n) is 3.06. The van der Waals surface area contributed by atoms with Gasteiger partial charge in [-0.15, -0.1) is 0 Å². The molecule has 2 rings (SSSR count). The van der Waals surface area contributed by atoms with Crippen molar-refractivity contribution in [3.05, 3.63) is 24.1 Å². The Morgan fingerprint density at radius 1 is 1.67 bits per heavy atom. The van der Waals surface area contributed by atoms with Gasteiger partial charge in [0.15, 0.2) is 5.58 Å². The lowest BCUT2D eigenvalue weighted by Gasteiger charge is -2.04. The molecular weight excluding hydrogens is 221 g/mol. The lowest BCUT2D eigenvalue weighted by molar-refractivity contribution is 0.0715. The fraction of sp³-hybridized carbons (Fsp3) is 0.125. The summed E-state index contributed by atoms with van der Waals surface area (Å²) in [6.07, 6.45) is 1.47. The van der Waals surface area contributed by atoms with E-state index in [0.29, 0.717) is 11.1 Å². The van der Waals surface area contributed by atoms with Gasteiger partial charge < -0.3 is 18.8 Å². The van der Waals surface area contributed by atoms with Crippen molar-refractivity contribution < 1.29 is 23.2 Å². The molecule has 0 spiro atoms. The topological polar surface area (TPSA) is 92.5 Å². The standard InChI is InChI=1S/C8H8NO5P/c1-15(11,12)14-8(10)6-4-7-5(9-6)2-3-13-7/h2-4,9H,1H3,(H,11,12). The van der Waals surface area contributed by atoms with E-state index in [-0.39, 0.29) is 5.69 Å². The Morgan fingerprint density at radius 3 is 3.00 bits per heavy atom. The second kappa shape index (κ2) is 3.25. The van der Waals surface area contributed by atoms with Gasteiger partial charge >= 0.3 is 13.6 Å². The monoisotopic (exact) mass is 229 g/mol. The highest BCUT2D eigenvalue weighted by Gasteiger charge is 2.20. The van der Waals surface area contributed by atoms with Crippen LogP contribution in [0.5, 0.6) is 0 Å². The van der Waals surface area contributed by atoms with E-state index in [1.165, 1.54) is 12.3 Å². The molecule has 0 aliphatic rings. The summed E-state index contributed by atoms with van der Waals surface area (Å²) in [5.74, 6) is -0.880. The molecule has 7 heteroatoms. The van der Waals surface area contributed by atoms with E-state index in [1.54, 1.807) is 6.07 Å². The molecule has 2 heterocycles. The van der Waals surface area contributed by atoms with Gasteiger partial charge in [0.2, 0.25) is 0 Å². The van der Waals surface area contributed by atoms with Crippen LogP contribution in [-0.4, -0.2) is 22.5 Å². The Kier molecular flexibility index (Phi) is 2.17. The maximum atomic E-state index is 11.3. The van der Waals surface area contributed by atoms with Crippen molar-refractivity contribution in [3.8, 4) is 0 Å². The maximum absolute atomic E-state index is 11.3. The van der Waals surface area contributed by atoms with E-state index in [9.17, 15) is 9.36 Å². The number of H-pyrrole nitrogens is 1. The van der Waals surface area contributed by atoms with Crippen LogP contribution in [0.4, 0.5) is 0 Å². The Morgan fingerprint density at radius 2 is 2.40 bits per heavy atom. The van der Waals surface area contributed by atoms with Gasteiger partial charge in [-0.25, -0.2) is 9.36 Å². The normalized spacial score (nSPS) is 15.1. The molecule has 0 amide bonds. The Hall–Kier alpha value is -1.52. The minimum atomic E-state index is -3.81. The van der Waals surface area contributed by atoms with Crippen molar-refractivity contribution in [1.29, 1.82) is 0 Å². The van der Waals surface area contributed by atoms with Crippen LogP contribution in [0.15, 0.2) is 22.8 Å². The summed E-state index contributed by atoms with van der Waals surface area (Å²) in [7, 11) is -3.81. The molecule has 0 saturated carbocycles. The third kappa shape index (κ3) is 2.11. The molecule has 0 aromatic carbocycles. The van der Waals surface area contributed by atoms with Crippen LogP contribution < -0.4 is 0 Å². The molecule has 80 valence electrons. The third-order valence-electron chi connectivity index (χ3n) is 1.71. The first-order valence-electron chi connectivity index (χ1n) is 4.06. The van der Waals surface area contributed by atoms with Crippen LogP contribution in [0.25, 0.3) is 11.1 Å². The highest BCUT2D eigenvalue weighted by Crippen LogP contribution is 2.37. The van der Waals surface area contributed by atoms with Gasteiger partial charge in [0, 0.05) is 18.8 Å². The lowest BCUT2D eigenvalue weighted by atomic mass is 10.4. The van der Waals surface area contributed by atoms with Crippen molar-refractivity contribution in [3.63, 3.8) is 0 Å². The van der Waals surface area contributed by atoms with Gasteiger partial charge in [0.05, 0.1) is 11.8 Å². The van der Waals surface area contributed by atoms with E-state index in [2.05, 4.69) is 9.51 Å². The van der Waals surface area contributed by atoms with Gasteiger partial charge in [-0.3, -0.25) is 0 Å². The van der Waals surface area contributed by atoms with Crippen molar-refractivity contribution >= 4 is 24.7 Å². The number of hydrogen-bond donors (Lipinski definition) is 2. The van der Waals surface area contributed by atoms with Crippen molar-refractivity contribution in [2.75, 3.05) is 6.66 Å². The van der Waals surface area contributed by atoms with Gasteiger partial charge in [0.1, 0.15) is 5.69 Å². The Balaban J connectivity index is 2.28. The van der Waals surface area contributed by atoms with E-state index >= 15 is 0 Å². The first-order valence-corrected chi connectivity index (χ1v) is 6.08. The molecule has 2 aromatic rings. The van der Waals surface area contributed by atoms with Crippen LogP contribution in [0.3, 0.4) is 0 Å². The van der Waals surface area contributed by atoms with E-state index in [1.807, 2.05) is 0 Å². The van der Waals surface area contributed by atoms with Crippen LogP contribution in [0.2, 0.25) is 0 Å². The van der Waals surface area contributed by atoms with E-state index in [4.69, 9.17) is 9.31 Å². The zero-order chi connectivity index (χ0) is 11.1. The summed E-state index contributed by atoms with van der Waals surface area (Å²) in [5, 5.41) is 0. The average Bonchev–Trinajstić information content (AvgIpc) is 2.56. The number of aromatic amines is 1. The number of rotatable bonds is 2. The summed E-state index contributed by atoms with van der Waals surface area (Å²) in [6, 6.07) is 3.05. The third-order valence-corrected chi connectivity index (χ3v) is 2.22. The number of nitrogens with one attached hydrogen (secondary N) is 1. The van der Waals surface area contributed by atoms with Gasteiger partial charge in [-0.05, 0) is 0 Å². The van der Waals surface area contributed by atoms with Crippen molar-refractivity contribution in [2.24, 2.45) is 0 Å². The van der Waals surface area contributed by atoms with Crippen LogP contribution in [0.1, 0.15) is 10.5 Å². The highest BCUT2D eigenvalue weighted by molar-refractivity contribution is 7.52. The molecule has 1 atom stereocenters. The minimum Gasteiger partial charge on any atom is -0.463 e. The summed E-state index contributed by atoms with van der Waals surface area (Å²) < 4.78 is 20.2. The molecular formula is C8H8NO5P. The minimum absolute atomic E-state index is 0.0838. The Labute approximate surface area is 84.4 Å². The van der Waals surface area contributed by atoms with E-state index < -0.39 is 13.6 Å². The number of furan rings is 1. The maximum Gasteiger partial charge on any atom is 0.375 e. The predicted molar refractivity (Wildman–Crippen MR) is 51.7 cm³/mol.